The molecule has 0 bridgehead atoms. The summed E-state index contributed by atoms with van der Waals surface area (Å²) in [5.41, 5.74) is 1.27. The van der Waals surface area contributed by atoms with Crippen LogP contribution in [0, 0.1) is 12.8 Å². The molecular weight excluding hydrogens is 184 g/mol. The van der Waals surface area contributed by atoms with E-state index in [2.05, 4.69) is 31.2 Å². The van der Waals surface area contributed by atoms with Gasteiger partial charge in [0.1, 0.15) is 5.75 Å². The van der Waals surface area contributed by atoms with Crippen LogP contribution in [0.25, 0.3) is 0 Å². The van der Waals surface area contributed by atoms with Gasteiger partial charge >= 0.3 is 0 Å². The third-order valence-corrected chi connectivity index (χ3v) is 2.60. The van der Waals surface area contributed by atoms with Gasteiger partial charge in [0.25, 0.3) is 0 Å². The minimum absolute atomic E-state index is 0.784. The van der Waals surface area contributed by atoms with E-state index in [0.29, 0.717) is 0 Å². The Kier molecular flexibility index (Phi) is 3.44. The molecule has 0 atom stereocenters. The maximum Gasteiger partial charge on any atom is 0.119 e. The van der Waals surface area contributed by atoms with Crippen LogP contribution in [0.2, 0.25) is 0 Å². The van der Waals surface area contributed by atoms with Crippen molar-refractivity contribution >= 4 is 0 Å². The van der Waals surface area contributed by atoms with Crippen LogP contribution in [0.1, 0.15) is 24.8 Å². The highest BCUT2D eigenvalue weighted by atomic mass is 16.5. The van der Waals surface area contributed by atoms with Crippen LogP contribution in [0.3, 0.4) is 0 Å². The second kappa shape index (κ2) is 5.01. The third kappa shape index (κ3) is 3.78. The highest BCUT2D eigenvalue weighted by Gasteiger charge is 2.16. The Balaban J connectivity index is 1.66. The van der Waals surface area contributed by atoms with Gasteiger partial charge in [0.05, 0.1) is 6.61 Å². The zero-order valence-corrected chi connectivity index (χ0v) is 9.28. The molecule has 1 aliphatic carbocycles. The molecule has 0 aliphatic heterocycles. The van der Waals surface area contributed by atoms with Crippen molar-refractivity contribution in [3.05, 3.63) is 42.0 Å². The monoisotopic (exact) mass is 202 g/mol. The molecule has 1 saturated carbocycles. The lowest BCUT2D eigenvalue weighted by Crippen LogP contribution is -1.95. The molecule has 0 unspecified atom stereocenters. The molecule has 2 rings (SSSR count). The zero-order chi connectivity index (χ0) is 10.5. The van der Waals surface area contributed by atoms with Gasteiger partial charge in [0.15, 0.2) is 0 Å². The molecule has 1 aromatic carbocycles. The number of rotatable bonds is 5. The minimum atomic E-state index is 0.784. The van der Waals surface area contributed by atoms with Gasteiger partial charge < -0.3 is 4.74 Å². The maximum atomic E-state index is 5.61. The fraction of sp³-hybridized carbons (Fsp3) is 0.429. The van der Waals surface area contributed by atoms with E-state index in [4.69, 9.17) is 4.74 Å². The summed E-state index contributed by atoms with van der Waals surface area (Å²) in [6, 6.07) is 8.21. The highest BCUT2D eigenvalue weighted by molar-refractivity contribution is 5.26. The van der Waals surface area contributed by atoms with Gasteiger partial charge in [-0.3, -0.25) is 0 Å². The van der Waals surface area contributed by atoms with Crippen molar-refractivity contribution in [2.24, 2.45) is 5.92 Å². The lowest BCUT2D eigenvalue weighted by atomic mass is 10.2. The van der Waals surface area contributed by atoms with Crippen LogP contribution < -0.4 is 4.74 Å². The van der Waals surface area contributed by atoms with Crippen molar-refractivity contribution in [3.63, 3.8) is 0 Å². The summed E-state index contributed by atoms with van der Waals surface area (Å²) in [6.07, 6.45) is 8.35. The average Bonchev–Trinajstić information content (AvgIpc) is 3.04. The molecule has 1 aromatic rings. The van der Waals surface area contributed by atoms with Gasteiger partial charge in [0, 0.05) is 0 Å². The lowest BCUT2D eigenvalue weighted by Gasteiger charge is -2.04. The van der Waals surface area contributed by atoms with Gasteiger partial charge in [-0.25, -0.2) is 0 Å². The molecule has 0 spiro atoms. The highest BCUT2D eigenvalue weighted by Crippen LogP contribution is 2.30. The summed E-state index contributed by atoms with van der Waals surface area (Å²) in [4.78, 5) is 0. The predicted molar refractivity (Wildman–Crippen MR) is 63.2 cm³/mol. The standard InChI is InChI=1S/C14H18O/c1-12-5-9-14(10-6-12)15-11-3-2-4-13-7-8-13/h2,4-6,9-10,13H,3,7-8,11H2,1H3/b4-2+. The maximum absolute atomic E-state index is 5.61. The SMILES string of the molecule is Cc1ccc(OCC/C=C/C2CC2)cc1. The van der Waals surface area contributed by atoms with Crippen molar-refractivity contribution in [1.29, 1.82) is 0 Å². The van der Waals surface area contributed by atoms with Gasteiger partial charge in [0.2, 0.25) is 0 Å². The Bertz CT molecular complexity index is 320. The summed E-state index contributed by atoms with van der Waals surface area (Å²) in [6.45, 7) is 2.87. The molecule has 1 fully saturated rings. The number of hydrogen-bond donors (Lipinski definition) is 0. The predicted octanol–water partition coefficient (Wildman–Crippen LogP) is 3.73. The van der Waals surface area contributed by atoms with Crippen LogP contribution in [-0.4, -0.2) is 6.61 Å². The van der Waals surface area contributed by atoms with E-state index in [-0.39, 0.29) is 0 Å². The second-order valence-corrected chi connectivity index (χ2v) is 4.22. The van der Waals surface area contributed by atoms with Crippen molar-refractivity contribution < 1.29 is 4.74 Å². The van der Waals surface area contributed by atoms with Crippen LogP contribution >= 0.6 is 0 Å². The van der Waals surface area contributed by atoms with Crippen LogP contribution in [0.5, 0.6) is 5.75 Å². The van der Waals surface area contributed by atoms with Crippen molar-refractivity contribution in [1.82, 2.24) is 0 Å². The molecule has 1 nitrogen and oxygen atoms in total. The fourth-order valence-corrected chi connectivity index (χ4v) is 1.46. The molecule has 0 N–H and O–H groups in total. The fourth-order valence-electron chi connectivity index (χ4n) is 1.46. The van der Waals surface area contributed by atoms with E-state index in [0.717, 1.165) is 24.7 Å². The largest absolute Gasteiger partial charge is 0.493 e. The summed E-state index contributed by atoms with van der Waals surface area (Å²) < 4.78 is 5.61. The molecule has 0 heterocycles. The Morgan fingerprint density at radius 3 is 2.67 bits per heavy atom. The Hall–Kier alpha value is -1.24. The number of hydrogen-bond acceptors (Lipinski definition) is 1. The number of ether oxygens (including phenoxy) is 1. The average molecular weight is 202 g/mol. The van der Waals surface area contributed by atoms with Gasteiger partial charge in [-0.1, -0.05) is 29.8 Å². The number of allylic oxidation sites excluding steroid dienone is 1. The van der Waals surface area contributed by atoms with Crippen molar-refractivity contribution in [2.45, 2.75) is 26.2 Å². The molecule has 1 heteroatoms. The zero-order valence-electron chi connectivity index (χ0n) is 9.28. The van der Waals surface area contributed by atoms with Crippen molar-refractivity contribution in [3.8, 4) is 5.75 Å². The first kappa shape index (κ1) is 10.3. The van der Waals surface area contributed by atoms with Gasteiger partial charge in [-0.05, 0) is 44.2 Å². The third-order valence-electron chi connectivity index (χ3n) is 2.60. The smallest absolute Gasteiger partial charge is 0.119 e. The van der Waals surface area contributed by atoms with E-state index < -0.39 is 0 Å². The summed E-state index contributed by atoms with van der Waals surface area (Å²) in [5.74, 6) is 1.85. The minimum Gasteiger partial charge on any atom is -0.493 e. The quantitative estimate of drug-likeness (QED) is 0.522. The number of aryl methyl sites for hydroxylation is 1. The second-order valence-electron chi connectivity index (χ2n) is 4.22. The molecule has 15 heavy (non-hydrogen) atoms. The number of benzene rings is 1. The van der Waals surface area contributed by atoms with Crippen molar-refractivity contribution in [2.75, 3.05) is 6.61 Å². The first-order chi connectivity index (χ1) is 7.34. The van der Waals surface area contributed by atoms with E-state index in [1.807, 2.05) is 12.1 Å². The summed E-state index contributed by atoms with van der Waals surface area (Å²) >= 11 is 0. The van der Waals surface area contributed by atoms with E-state index in [1.54, 1.807) is 0 Å². The molecule has 0 amide bonds. The Morgan fingerprint density at radius 1 is 1.27 bits per heavy atom. The molecule has 0 aromatic heterocycles. The molecule has 1 aliphatic rings. The first-order valence-electron chi connectivity index (χ1n) is 5.71. The van der Waals surface area contributed by atoms with E-state index >= 15 is 0 Å². The van der Waals surface area contributed by atoms with Gasteiger partial charge in [-0.15, -0.1) is 0 Å². The normalized spacial score (nSPS) is 15.8. The van der Waals surface area contributed by atoms with Crippen LogP contribution in [-0.2, 0) is 0 Å². The van der Waals surface area contributed by atoms with E-state index in [9.17, 15) is 0 Å². The topological polar surface area (TPSA) is 9.23 Å². The van der Waals surface area contributed by atoms with Crippen LogP contribution in [0.15, 0.2) is 36.4 Å². The molecule has 0 radical (unpaired) electrons. The first-order valence-corrected chi connectivity index (χ1v) is 5.71. The molecular formula is C14H18O. The van der Waals surface area contributed by atoms with E-state index in [1.165, 1.54) is 18.4 Å². The lowest BCUT2D eigenvalue weighted by molar-refractivity contribution is 0.324. The molecule has 80 valence electrons. The summed E-state index contributed by atoms with van der Waals surface area (Å²) in [5, 5.41) is 0. The van der Waals surface area contributed by atoms with Gasteiger partial charge in [-0.2, -0.15) is 0 Å². The van der Waals surface area contributed by atoms with Crippen LogP contribution in [0.4, 0.5) is 0 Å². The Labute approximate surface area is 91.8 Å². The Morgan fingerprint density at radius 2 is 2.00 bits per heavy atom. The summed E-state index contributed by atoms with van der Waals surface area (Å²) in [7, 11) is 0. The molecule has 0 saturated heterocycles.